The van der Waals surface area contributed by atoms with Crippen LogP contribution in [0.4, 0.5) is 0 Å². The van der Waals surface area contributed by atoms with E-state index < -0.39 is 133 Å². The Bertz CT molecular complexity index is 2670. The summed E-state index contributed by atoms with van der Waals surface area (Å²) in [7, 11) is 1.27. The number of aliphatic hydroxyl groups excluding tert-OH is 6. The lowest BCUT2D eigenvalue weighted by atomic mass is 9.96. The zero-order chi connectivity index (χ0) is 50.9. The van der Waals surface area contributed by atoms with Gasteiger partial charge in [-0.1, -0.05) is 6.07 Å². The number of hydrogen-bond acceptors (Lipinski definition) is 24. The molecule has 12 N–H and O–H groups in total. The first-order valence-corrected chi connectivity index (χ1v) is 20.4. The summed E-state index contributed by atoms with van der Waals surface area (Å²) in [5.41, 5.74) is -0.465. The van der Waals surface area contributed by atoms with Crippen molar-refractivity contribution in [2.45, 2.75) is 92.1 Å². The van der Waals surface area contributed by atoms with Gasteiger partial charge < -0.3 is 98.9 Å². The van der Waals surface area contributed by atoms with Crippen LogP contribution in [-0.2, 0) is 52.6 Å². The second kappa shape index (κ2) is 20.9. The molecule has 27 nitrogen and oxygen atoms in total. The van der Waals surface area contributed by atoms with Crippen molar-refractivity contribution in [3.05, 3.63) is 82.5 Å². The third-order valence-corrected chi connectivity index (χ3v) is 11.0. The third kappa shape index (κ3) is 10.6. The Hall–Kier alpha value is -6.99. The highest BCUT2D eigenvalue weighted by molar-refractivity contribution is 5.87. The Morgan fingerprint density at radius 1 is 0.614 bits per heavy atom. The summed E-state index contributed by atoms with van der Waals surface area (Å²) in [4.78, 5) is 72.1. The smallest absolute Gasteiger partial charge is 0.365 e. The van der Waals surface area contributed by atoms with Crippen LogP contribution in [0.15, 0.2) is 76.0 Å². The largest absolute Gasteiger partial charge is 0.508 e. The highest BCUT2D eigenvalue weighted by atomic mass is 17.2. The lowest BCUT2D eigenvalue weighted by Gasteiger charge is -2.47. The number of rotatable bonds is 15. The molecule has 70 heavy (non-hydrogen) atoms. The van der Waals surface area contributed by atoms with E-state index in [1.54, 1.807) is 0 Å². The van der Waals surface area contributed by atoms with E-state index in [0.29, 0.717) is 11.1 Å². The fourth-order valence-corrected chi connectivity index (χ4v) is 7.46. The highest BCUT2D eigenvalue weighted by Gasteiger charge is 2.57. The Labute approximate surface area is 390 Å². The summed E-state index contributed by atoms with van der Waals surface area (Å²) < 4.78 is 43.9. The van der Waals surface area contributed by atoms with E-state index in [-0.39, 0.29) is 34.0 Å². The number of phenols is 3. The van der Waals surface area contributed by atoms with Crippen LogP contribution in [0, 0.1) is 0 Å². The maximum Gasteiger partial charge on any atom is 0.365 e. The van der Waals surface area contributed by atoms with Crippen molar-refractivity contribution < 1.29 is 128 Å². The predicted molar refractivity (Wildman–Crippen MR) is 221 cm³/mol. The summed E-state index contributed by atoms with van der Waals surface area (Å²) in [5.74, 6) is -8.59. The number of fused-ring (bicyclic) bond motifs is 1. The van der Waals surface area contributed by atoms with Gasteiger partial charge in [-0.3, -0.25) is 9.68 Å². The van der Waals surface area contributed by atoms with Gasteiger partial charge in [-0.25, -0.2) is 19.2 Å². The predicted octanol–water partition coefficient (Wildman–Crippen LogP) is -2.11. The standard InChI is InChI=1S/C43H42O27/c1-61-22-10-14(2-8-18(22)45)3-9-24(48)69-70-37-29(52)27(50)34(39(57)58)67-43(37)64-32-30(53)35(40(59)60)65-41(31(32)54)68-36-28(51)26(49)33(38(55)56)66-42(36)62-17-11-19(46)25-20(47)13-21(63-23(25)12-17)15-4-6-16(44)7-5-15/h2-13,26-37,41-46,49-54H,1H3,(H,55,56)(H,57,58)(H,59,60)/b9-3+/t26-,27-,28-,29-,30-,31+,32-,33-,34-,35-,36+,37+,41-,42+,43+/m0/s1. The maximum absolute atomic E-state index is 13.1. The molecule has 3 aliphatic rings. The number of carboxylic acids is 3. The third-order valence-electron chi connectivity index (χ3n) is 11.0. The molecule has 0 amide bonds. The van der Waals surface area contributed by atoms with Gasteiger partial charge in [-0.05, 0) is 48.0 Å². The quantitative estimate of drug-likeness (QED) is 0.0344. The van der Waals surface area contributed by atoms with Crippen LogP contribution in [0.3, 0.4) is 0 Å². The highest BCUT2D eigenvalue weighted by Crippen LogP contribution is 2.37. The van der Waals surface area contributed by atoms with E-state index in [0.717, 1.165) is 30.4 Å². The van der Waals surface area contributed by atoms with Crippen molar-refractivity contribution in [1.82, 2.24) is 0 Å². The minimum absolute atomic E-state index is 0.0364. The molecular weight excluding hydrogens is 948 g/mol. The van der Waals surface area contributed by atoms with Crippen LogP contribution >= 0.6 is 0 Å². The van der Waals surface area contributed by atoms with Crippen LogP contribution in [0.25, 0.3) is 28.4 Å². The first-order chi connectivity index (χ1) is 33.2. The monoisotopic (exact) mass is 990 g/mol. The van der Waals surface area contributed by atoms with Crippen molar-refractivity contribution >= 4 is 40.9 Å². The van der Waals surface area contributed by atoms with E-state index in [9.17, 15) is 85.3 Å². The van der Waals surface area contributed by atoms with Crippen molar-refractivity contribution in [3.8, 4) is 40.1 Å². The molecule has 3 fully saturated rings. The van der Waals surface area contributed by atoms with Crippen molar-refractivity contribution in [3.63, 3.8) is 0 Å². The lowest BCUT2D eigenvalue weighted by molar-refractivity contribution is -0.406. The molecule has 0 spiro atoms. The van der Waals surface area contributed by atoms with E-state index in [1.807, 2.05) is 0 Å². The number of carboxylic acid groups (broad SMARTS) is 3. The molecule has 4 heterocycles. The molecule has 7 rings (SSSR count). The van der Waals surface area contributed by atoms with Gasteiger partial charge in [0.2, 0.25) is 6.29 Å². The maximum atomic E-state index is 13.1. The van der Waals surface area contributed by atoms with Gasteiger partial charge in [-0.15, -0.1) is 0 Å². The number of aliphatic hydroxyl groups is 6. The molecular formula is C43H42O27. The summed E-state index contributed by atoms with van der Waals surface area (Å²) in [6.45, 7) is 0. The number of carbonyl (C=O) groups is 4. The number of aliphatic carboxylic acids is 3. The topological polar surface area (TPSA) is 424 Å². The zero-order valence-corrected chi connectivity index (χ0v) is 35.6. The number of benzene rings is 3. The second-order valence-corrected chi connectivity index (χ2v) is 15.6. The number of ether oxygens (including phenoxy) is 7. The van der Waals surface area contributed by atoms with Gasteiger partial charge in [0.25, 0.3) is 0 Å². The Morgan fingerprint density at radius 3 is 1.83 bits per heavy atom. The van der Waals surface area contributed by atoms with Crippen LogP contribution < -0.4 is 14.9 Å². The van der Waals surface area contributed by atoms with Gasteiger partial charge in [0.05, 0.1) is 7.11 Å². The summed E-state index contributed by atoms with van der Waals surface area (Å²) >= 11 is 0. The van der Waals surface area contributed by atoms with Crippen LogP contribution in [0.1, 0.15) is 5.56 Å². The average Bonchev–Trinajstić information content (AvgIpc) is 3.30. The minimum atomic E-state index is -2.49. The van der Waals surface area contributed by atoms with Crippen molar-refractivity contribution in [2.75, 3.05) is 7.11 Å². The molecule has 0 unspecified atom stereocenters. The summed E-state index contributed by atoms with van der Waals surface area (Å²) in [5, 5.41) is 126. The normalized spacial score (nSPS) is 31.2. The van der Waals surface area contributed by atoms with E-state index in [4.69, 9.17) is 47.4 Å². The van der Waals surface area contributed by atoms with Crippen molar-refractivity contribution in [2.24, 2.45) is 0 Å². The molecule has 0 bridgehead atoms. The fourth-order valence-electron chi connectivity index (χ4n) is 7.46. The Kier molecular flexibility index (Phi) is 15.2. The van der Waals surface area contributed by atoms with Crippen LogP contribution in [0.5, 0.6) is 28.7 Å². The number of phenolic OH excluding ortho intramolecular Hbond substituents is 3. The summed E-state index contributed by atoms with van der Waals surface area (Å²) in [6.07, 6.45) is -33.5. The van der Waals surface area contributed by atoms with E-state index in [2.05, 4.69) is 0 Å². The fraction of sp³-hybridized carbons (Fsp3) is 0.372. The minimum Gasteiger partial charge on any atom is -0.508 e. The van der Waals surface area contributed by atoms with Gasteiger partial charge in [0.15, 0.2) is 60.0 Å². The van der Waals surface area contributed by atoms with E-state index >= 15 is 0 Å². The molecule has 1 aromatic heterocycles. The summed E-state index contributed by atoms with van der Waals surface area (Å²) in [6, 6.07) is 12.3. The lowest BCUT2D eigenvalue weighted by Crippen LogP contribution is -2.68. The molecule has 3 aliphatic heterocycles. The zero-order valence-electron chi connectivity index (χ0n) is 35.6. The van der Waals surface area contributed by atoms with Crippen molar-refractivity contribution in [1.29, 1.82) is 0 Å². The molecule has 4 aromatic rings. The molecule has 376 valence electrons. The van der Waals surface area contributed by atoms with Crippen LogP contribution in [-0.4, -0.2) is 184 Å². The molecule has 0 saturated carbocycles. The van der Waals surface area contributed by atoms with Crippen LogP contribution in [0.2, 0.25) is 0 Å². The molecule has 0 aliphatic carbocycles. The first-order valence-electron chi connectivity index (χ1n) is 20.4. The first kappa shape index (κ1) is 50.9. The van der Waals surface area contributed by atoms with Gasteiger partial charge in [-0.2, -0.15) is 4.89 Å². The second-order valence-electron chi connectivity index (χ2n) is 15.6. The Balaban J connectivity index is 1.16. The number of hydrogen-bond donors (Lipinski definition) is 12. The molecule has 3 aromatic carbocycles. The molecule has 27 heteroatoms. The molecule has 15 atom stereocenters. The molecule has 0 radical (unpaired) electrons. The number of carbonyl (C=O) groups excluding carboxylic acids is 1. The van der Waals surface area contributed by atoms with Gasteiger partial charge in [0.1, 0.15) is 76.7 Å². The number of aromatic hydroxyl groups is 3. The van der Waals surface area contributed by atoms with Gasteiger partial charge in [0, 0.05) is 29.8 Å². The average molecular weight is 991 g/mol. The molecule has 3 saturated heterocycles. The number of methoxy groups -OCH3 is 1. The van der Waals surface area contributed by atoms with E-state index in [1.165, 1.54) is 49.6 Å². The van der Waals surface area contributed by atoms with Gasteiger partial charge >= 0.3 is 23.9 Å². The Morgan fingerprint density at radius 2 is 1.20 bits per heavy atom. The SMILES string of the molecule is COc1cc(/C=C/C(=O)OO[C@H]2[C@H](O[C@@H]3[C@@H](O)[C@H](O[C@H]4[C@H](Oc5cc(O)c6c(=O)cc(-c7ccc(O)cc7)oc6c5)O[C@H](C(=O)O)[C@@H](O)[C@@H]4O)O[C@H](C(=O)O)[C@H]3O)O[C@H](C(=O)O)[C@@H](O)[C@@H]2O)ccc1O.